The molecule has 3 fully saturated rings. The Hall–Kier alpha value is -3.37. The molecule has 0 aromatic carbocycles. The second kappa shape index (κ2) is 25.1. The molecule has 1 aliphatic carbocycles. The lowest BCUT2D eigenvalue weighted by Gasteiger charge is -2.42. The molecule has 4 rings (SSSR count). The summed E-state index contributed by atoms with van der Waals surface area (Å²) in [4.78, 5) is 71.7. The van der Waals surface area contributed by atoms with Crippen molar-refractivity contribution in [2.75, 3.05) is 27.9 Å². The van der Waals surface area contributed by atoms with Gasteiger partial charge < -0.3 is 43.9 Å². The van der Waals surface area contributed by atoms with Gasteiger partial charge in [0.2, 0.25) is 5.79 Å². The number of amides is 1. The van der Waals surface area contributed by atoms with Gasteiger partial charge in [0.15, 0.2) is 11.6 Å². The first kappa shape index (κ1) is 54.2. The van der Waals surface area contributed by atoms with Crippen LogP contribution >= 0.6 is 0 Å². The van der Waals surface area contributed by atoms with Crippen LogP contribution in [0.5, 0.6) is 0 Å². The summed E-state index contributed by atoms with van der Waals surface area (Å²) in [6.45, 7) is 12.7. The van der Waals surface area contributed by atoms with Gasteiger partial charge in [-0.25, -0.2) is 4.79 Å². The summed E-state index contributed by atoms with van der Waals surface area (Å²) in [7, 11) is 4.53. The largest absolute Gasteiger partial charge is 0.460 e. The number of methoxy groups -OCH3 is 3. The maximum Gasteiger partial charge on any atom is 0.329 e. The molecule has 14 nitrogen and oxygen atoms in total. The van der Waals surface area contributed by atoms with Gasteiger partial charge in [-0.05, 0) is 107 Å². The number of allylic oxidation sites excluding steroid dienone is 6. The van der Waals surface area contributed by atoms with Gasteiger partial charge in [-0.2, -0.15) is 0 Å². The SMILES string of the molecule is CO[C@H]1CC2CC[C@@H](C)[C@@](O)(O2)C(=O)C(=O)N2CCCC[C@H]2C(=O)O[C@H]([C@H](C)C[C@@H]2CC[C@@H](O)[C@H](OC)C2)CC(=O)C(C)=CC(C)[C@@H](O)[C@@H](OC)C(=O)[C@H](C)C[C@H](C)C=CC=CC=C1C. The lowest BCUT2D eigenvalue weighted by molar-refractivity contribution is -0.265. The second-order valence-corrected chi connectivity index (χ2v) is 19.6. The van der Waals surface area contributed by atoms with Gasteiger partial charge in [-0.15, -0.1) is 0 Å². The van der Waals surface area contributed by atoms with Crippen LogP contribution in [0.25, 0.3) is 0 Å². The molecule has 2 bridgehead atoms. The zero-order valence-corrected chi connectivity index (χ0v) is 40.6. The number of ether oxygens (including phenoxy) is 5. The van der Waals surface area contributed by atoms with E-state index in [1.54, 1.807) is 41.1 Å². The second-order valence-electron chi connectivity index (χ2n) is 19.6. The minimum atomic E-state index is -2.43. The van der Waals surface area contributed by atoms with E-state index in [1.807, 2.05) is 58.1 Å². The van der Waals surface area contributed by atoms with Gasteiger partial charge in [-0.3, -0.25) is 19.2 Å². The highest BCUT2D eigenvalue weighted by molar-refractivity contribution is 6.39. The number of ketones is 3. The number of carbonyl (C=O) groups is 5. The Kier molecular flexibility index (Phi) is 21.0. The number of Topliss-reactive ketones (excluding diaryl/α,β-unsaturated/α-hetero) is 3. The predicted molar refractivity (Wildman–Crippen MR) is 245 cm³/mol. The number of cyclic esters (lactones) is 1. The van der Waals surface area contributed by atoms with Crippen molar-refractivity contribution in [1.29, 1.82) is 0 Å². The van der Waals surface area contributed by atoms with E-state index in [2.05, 4.69) is 0 Å². The number of piperidine rings is 1. The number of nitrogens with zero attached hydrogens (tertiary/aromatic N) is 1. The van der Waals surface area contributed by atoms with E-state index in [0.717, 1.165) is 12.0 Å². The molecule has 2 unspecified atom stereocenters. The minimum absolute atomic E-state index is 0.0220. The smallest absolute Gasteiger partial charge is 0.329 e. The van der Waals surface area contributed by atoms with E-state index in [1.165, 1.54) is 12.0 Å². The van der Waals surface area contributed by atoms with Gasteiger partial charge in [-0.1, -0.05) is 71.1 Å². The molecular weight excluding hydrogens is 835 g/mol. The summed E-state index contributed by atoms with van der Waals surface area (Å²) >= 11 is 0. The average molecular weight is 914 g/mol. The molecule has 14 heteroatoms. The van der Waals surface area contributed by atoms with Gasteiger partial charge in [0.1, 0.15) is 18.2 Å². The van der Waals surface area contributed by atoms with Crippen molar-refractivity contribution in [3.05, 3.63) is 47.6 Å². The first-order valence-electron chi connectivity index (χ1n) is 23.9. The number of carbonyl (C=O) groups excluding carboxylic acids is 5. The van der Waals surface area contributed by atoms with Crippen molar-refractivity contribution in [3.63, 3.8) is 0 Å². The third kappa shape index (κ3) is 14.3. The fourth-order valence-corrected chi connectivity index (χ4v) is 10.1. The fraction of sp³-hybridized carbons (Fsp3) is 0.745. The monoisotopic (exact) mass is 914 g/mol. The van der Waals surface area contributed by atoms with Crippen LogP contribution in [0.2, 0.25) is 0 Å². The lowest BCUT2D eigenvalue weighted by atomic mass is 9.78. The third-order valence-corrected chi connectivity index (χ3v) is 14.5. The number of aliphatic hydroxyl groups excluding tert-OH is 2. The van der Waals surface area contributed by atoms with Gasteiger partial charge in [0.05, 0.1) is 30.5 Å². The summed E-state index contributed by atoms with van der Waals surface area (Å²) in [5.41, 5.74) is 1.19. The molecular formula is C51H79NO13. The highest BCUT2D eigenvalue weighted by Gasteiger charge is 2.53. The molecule has 0 radical (unpaired) electrons. The predicted octanol–water partition coefficient (Wildman–Crippen LogP) is 6.18. The molecule has 3 aliphatic heterocycles. The van der Waals surface area contributed by atoms with Crippen LogP contribution in [-0.4, -0.2) is 132 Å². The maximum atomic E-state index is 14.4. The van der Waals surface area contributed by atoms with Crippen molar-refractivity contribution in [2.45, 2.75) is 180 Å². The Morgan fingerprint density at radius 3 is 2.26 bits per heavy atom. The molecule has 0 aromatic heterocycles. The van der Waals surface area contributed by atoms with Crippen LogP contribution in [0.3, 0.4) is 0 Å². The molecule has 2 saturated heterocycles. The summed E-state index contributed by atoms with van der Waals surface area (Å²) < 4.78 is 29.4. The lowest BCUT2D eigenvalue weighted by Crippen LogP contribution is -2.61. The van der Waals surface area contributed by atoms with Crippen molar-refractivity contribution < 1.29 is 63.0 Å². The zero-order chi connectivity index (χ0) is 48.2. The van der Waals surface area contributed by atoms with E-state index in [0.29, 0.717) is 63.4 Å². The number of hydrogen-bond donors (Lipinski definition) is 3. The van der Waals surface area contributed by atoms with Crippen LogP contribution < -0.4 is 0 Å². The fourth-order valence-electron chi connectivity index (χ4n) is 10.1. The normalized spacial score (nSPS) is 37.8. The summed E-state index contributed by atoms with van der Waals surface area (Å²) in [6.07, 6.45) is 11.2. The van der Waals surface area contributed by atoms with Crippen LogP contribution in [0.1, 0.15) is 126 Å². The molecule has 65 heavy (non-hydrogen) atoms. The topological polar surface area (TPSA) is 195 Å². The van der Waals surface area contributed by atoms with Crippen LogP contribution in [0.4, 0.5) is 0 Å². The Bertz CT molecular complexity index is 1760. The van der Waals surface area contributed by atoms with Gasteiger partial charge in [0.25, 0.3) is 11.7 Å². The van der Waals surface area contributed by atoms with Crippen LogP contribution in [0, 0.1) is 35.5 Å². The molecule has 366 valence electrons. The number of fused-ring (bicyclic) bond motifs is 3. The zero-order valence-electron chi connectivity index (χ0n) is 40.6. The Morgan fingerprint density at radius 2 is 1.58 bits per heavy atom. The van der Waals surface area contributed by atoms with Gasteiger partial charge in [0, 0.05) is 58.5 Å². The van der Waals surface area contributed by atoms with Crippen molar-refractivity contribution >= 4 is 29.2 Å². The maximum absolute atomic E-state index is 14.4. The number of aliphatic hydroxyl groups is 3. The molecule has 4 aliphatic rings. The summed E-state index contributed by atoms with van der Waals surface area (Å²) in [5.74, 6) is -7.93. The molecule has 0 aromatic rings. The standard InChI is InChI=1S/C51H79NO13/c1-30-16-12-11-13-17-31(2)42(61-8)28-38-21-19-36(7)51(60,65-38)48(57)49(58)52-23-15-14-18-39(52)50(59)64-43(33(4)26-37-20-22-40(53)44(27-37)62-9)29-41(54)32(3)25-35(6)46(56)47(63-10)45(55)34(5)24-30/h11-13,16-17,25,30,33-40,42-44,46-47,53,56,60H,14-15,18-24,26-29H2,1-10H3/t30-,33-,34-,35?,36-,37+,38?,39+,40-,42+,43+,44-,46-,47+,51-/m1/s1. The van der Waals surface area contributed by atoms with E-state index in [9.17, 15) is 39.3 Å². The Morgan fingerprint density at radius 1 is 0.862 bits per heavy atom. The first-order valence-corrected chi connectivity index (χ1v) is 23.9. The first-order chi connectivity index (χ1) is 30.7. The third-order valence-electron chi connectivity index (χ3n) is 14.5. The van der Waals surface area contributed by atoms with E-state index in [-0.39, 0.29) is 54.8 Å². The Labute approximate surface area is 387 Å². The number of rotatable bonds is 6. The molecule has 1 amide bonds. The highest BCUT2D eigenvalue weighted by Crippen LogP contribution is 2.38. The molecule has 0 spiro atoms. The molecule has 3 heterocycles. The Balaban J connectivity index is 1.70. The molecule has 3 N–H and O–H groups in total. The quantitative estimate of drug-likeness (QED) is 0.202. The number of hydrogen-bond acceptors (Lipinski definition) is 13. The molecule has 15 atom stereocenters. The van der Waals surface area contributed by atoms with E-state index < -0.39 is 83.9 Å². The van der Waals surface area contributed by atoms with Crippen molar-refractivity contribution in [1.82, 2.24) is 4.90 Å². The van der Waals surface area contributed by atoms with Crippen molar-refractivity contribution in [3.8, 4) is 0 Å². The van der Waals surface area contributed by atoms with Crippen LogP contribution in [-0.2, 0) is 47.7 Å². The van der Waals surface area contributed by atoms with Crippen molar-refractivity contribution in [2.24, 2.45) is 35.5 Å². The average Bonchev–Trinajstić information content (AvgIpc) is 3.28. The van der Waals surface area contributed by atoms with E-state index >= 15 is 0 Å². The van der Waals surface area contributed by atoms with Gasteiger partial charge >= 0.3 is 5.97 Å². The summed E-state index contributed by atoms with van der Waals surface area (Å²) in [6, 6.07) is -1.14. The number of esters is 1. The molecule has 1 saturated carbocycles. The summed E-state index contributed by atoms with van der Waals surface area (Å²) in [5, 5.41) is 33.9. The minimum Gasteiger partial charge on any atom is -0.460 e. The highest BCUT2D eigenvalue weighted by atomic mass is 16.6. The van der Waals surface area contributed by atoms with E-state index in [4.69, 9.17) is 23.7 Å². The van der Waals surface area contributed by atoms with Crippen LogP contribution in [0.15, 0.2) is 47.6 Å².